The van der Waals surface area contributed by atoms with Gasteiger partial charge < -0.3 is 14.7 Å². The SMILES string of the molecule is O/N=C1/C[C@H](Sc2nc(-c3ccccc3)cc(C(F)F)n2)[C@H]2CO[C@@H]1O2. The molecule has 2 aromatic rings. The van der Waals surface area contributed by atoms with Crippen LogP contribution in [-0.2, 0) is 9.47 Å². The van der Waals surface area contributed by atoms with Crippen LogP contribution in [0.2, 0.25) is 0 Å². The fourth-order valence-electron chi connectivity index (χ4n) is 2.93. The van der Waals surface area contributed by atoms with E-state index in [0.717, 1.165) is 5.56 Å². The molecular formula is C17H15F2N3O3S. The Hall–Kier alpha value is -2.10. The van der Waals surface area contributed by atoms with Crippen molar-refractivity contribution in [2.45, 2.75) is 35.6 Å². The van der Waals surface area contributed by atoms with E-state index in [9.17, 15) is 8.78 Å². The highest BCUT2D eigenvalue weighted by atomic mass is 32.2. The third kappa shape index (κ3) is 3.42. The third-order valence-corrected chi connectivity index (χ3v) is 5.38. The number of fused-ring (bicyclic) bond motifs is 2. The second-order valence-corrected chi connectivity index (χ2v) is 7.13. The highest BCUT2D eigenvalue weighted by Crippen LogP contribution is 2.37. The van der Waals surface area contributed by atoms with Crippen LogP contribution in [0.5, 0.6) is 0 Å². The van der Waals surface area contributed by atoms with Gasteiger partial charge in [0.05, 0.1) is 18.4 Å². The molecule has 2 aliphatic rings. The van der Waals surface area contributed by atoms with E-state index in [0.29, 0.717) is 24.4 Å². The van der Waals surface area contributed by atoms with Crippen molar-refractivity contribution in [2.24, 2.45) is 5.16 Å². The van der Waals surface area contributed by atoms with E-state index >= 15 is 0 Å². The quantitative estimate of drug-likeness (QED) is 0.498. The number of rotatable bonds is 4. The van der Waals surface area contributed by atoms with Crippen LogP contribution in [0, 0.1) is 0 Å². The smallest absolute Gasteiger partial charge is 0.280 e. The summed E-state index contributed by atoms with van der Waals surface area (Å²) in [5, 5.41) is 12.4. The molecule has 4 rings (SSSR count). The number of halogens is 2. The minimum absolute atomic E-state index is 0.184. The zero-order valence-electron chi connectivity index (χ0n) is 13.5. The van der Waals surface area contributed by atoms with Gasteiger partial charge in [-0.3, -0.25) is 0 Å². The lowest BCUT2D eigenvalue weighted by molar-refractivity contribution is -0.0169. The van der Waals surface area contributed by atoms with Crippen molar-refractivity contribution in [3.05, 3.63) is 42.1 Å². The van der Waals surface area contributed by atoms with Crippen LogP contribution in [-0.4, -0.2) is 45.1 Å². The number of hydrogen-bond donors (Lipinski definition) is 1. The topological polar surface area (TPSA) is 76.8 Å². The van der Waals surface area contributed by atoms with Crippen molar-refractivity contribution < 1.29 is 23.5 Å². The summed E-state index contributed by atoms with van der Waals surface area (Å²) in [5.74, 6) is 0. The second-order valence-electron chi connectivity index (χ2n) is 5.92. The van der Waals surface area contributed by atoms with Gasteiger partial charge in [-0.25, -0.2) is 18.7 Å². The fourth-order valence-corrected chi connectivity index (χ4v) is 4.06. The summed E-state index contributed by atoms with van der Waals surface area (Å²) in [5.41, 5.74) is 1.23. The molecule has 0 aliphatic carbocycles. The van der Waals surface area contributed by atoms with Gasteiger partial charge in [0.25, 0.3) is 6.43 Å². The average Bonchev–Trinajstić information content (AvgIpc) is 3.09. The maximum absolute atomic E-state index is 13.3. The van der Waals surface area contributed by atoms with Crippen LogP contribution in [0.15, 0.2) is 46.7 Å². The van der Waals surface area contributed by atoms with Crippen LogP contribution in [0.25, 0.3) is 11.3 Å². The van der Waals surface area contributed by atoms with Gasteiger partial charge in [0, 0.05) is 17.2 Å². The molecule has 136 valence electrons. The third-order valence-electron chi connectivity index (χ3n) is 4.21. The van der Waals surface area contributed by atoms with Crippen LogP contribution in [0.1, 0.15) is 18.5 Å². The first-order valence-electron chi connectivity index (χ1n) is 8.01. The minimum Gasteiger partial charge on any atom is -0.411 e. The van der Waals surface area contributed by atoms with Crippen LogP contribution in [0.4, 0.5) is 8.78 Å². The molecule has 0 amide bonds. The molecular weight excluding hydrogens is 364 g/mol. The summed E-state index contributed by atoms with van der Waals surface area (Å²) < 4.78 is 37.6. The molecule has 0 radical (unpaired) electrons. The Morgan fingerprint density at radius 3 is 2.77 bits per heavy atom. The molecule has 2 saturated heterocycles. The highest BCUT2D eigenvalue weighted by Gasteiger charge is 2.43. The van der Waals surface area contributed by atoms with Crippen molar-refractivity contribution in [3.63, 3.8) is 0 Å². The molecule has 1 aromatic carbocycles. The number of benzene rings is 1. The van der Waals surface area contributed by atoms with Crippen molar-refractivity contribution in [1.82, 2.24) is 9.97 Å². The molecule has 1 N–H and O–H groups in total. The molecule has 0 saturated carbocycles. The minimum atomic E-state index is -2.70. The summed E-state index contributed by atoms with van der Waals surface area (Å²) in [6.07, 6.45) is -3.14. The Balaban J connectivity index is 1.64. The predicted molar refractivity (Wildman–Crippen MR) is 90.5 cm³/mol. The average molecular weight is 379 g/mol. The first kappa shape index (κ1) is 17.3. The number of ether oxygens (including phenoxy) is 2. The number of nitrogens with zero attached hydrogens (tertiary/aromatic N) is 3. The second kappa shape index (κ2) is 7.26. The van der Waals surface area contributed by atoms with Gasteiger partial charge in [-0.05, 0) is 6.07 Å². The molecule has 2 bridgehead atoms. The molecule has 0 spiro atoms. The van der Waals surface area contributed by atoms with E-state index in [-0.39, 0.29) is 22.2 Å². The Labute approximate surface area is 152 Å². The molecule has 2 aliphatic heterocycles. The van der Waals surface area contributed by atoms with E-state index < -0.39 is 12.7 Å². The van der Waals surface area contributed by atoms with Crippen molar-refractivity contribution in [3.8, 4) is 11.3 Å². The fraction of sp³-hybridized carbons (Fsp3) is 0.353. The Kier molecular flexibility index (Phi) is 4.84. The largest absolute Gasteiger partial charge is 0.411 e. The van der Waals surface area contributed by atoms with Crippen LogP contribution >= 0.6 is 11.8 Å². The molecule has 1 aromatic heterocycles. The standard InChI is InChI=1S/C17H15F2N3O3S/c18-15(19)11-6-10(9-4-2-1-3-5-9)20-17(21-11)26-14-7-12(22-23)16-24-8-13(14)25-16/h1-6,13-16,23H,7-8H2/b22-12-/t13-,14+,16-/m1/s1. The molecule has 2 fully saturated rings. The zero-order chi connectivity index (χ0) is 18.1. The van der Waals surface area contributed by atoms with Crippen molar-refractivity contribution >= 4 is 17.5 Å². The van der Waals surface area contributed by atoms with Gasteiger partial charge in [0.2, 0.25) is 6.29 Å². The lowest BCUT2D eigenvalue weighted by atomic mass is 10.1. The van der Waals surface area contributed by atoms with Gasteiger partial charge in [0.15, 0.2) is 5.16 Å². The number of thioether (sulfide) groups is 1. The number of oxime groups is 1. The van der Waals surface area contributed by atoms with E-state index in [2.05, 4.69) is 15.1 Å². The van der Waals surface area contributed by atoms with Crippen LogP contribution < -0.4 is 0 Å². The summed E-state index contributed by atoms with van der Waals surface area (Å²) >= 11 is 1.23. The Morgan fingerprint density at radius 1 is 1.23 bits per heavy atom. The van der Waals surface area contributed by atoms with Gasteiger partial charge >= 0.3 is 0 Å². The highest BCUT2D eigenvalue weighted by molar-refractivity contribution is 7.99. The van der Waals surface area contributed by atoms with Crippen molar-refractivity contribution in [2.75, 3.05) is 6.61 Å². The lowest BCUT2D eigenvalue weighted by Gasteiger charge is -2.26. The van der Waals surface area contributed by atoms with Gasteiger partial charge in [-0.1, -0.05) is 47.2 Å². The maximum Gasteiger partial charge on any atom is 0.280 e. The maximum atomic E-state index is 13.3. The summed E-state index contributed by atoms with van der Waals surface area (Å²) in [4.78, 5) is 8.42. The molecule has 3 heterocycles. The zero-order valence-corrected chi connectivity index (χ0v) is 14.3. The first-order chi connectivity index (χ1) is 12.6. The first-order valence-corrected chi connectivity index (χ1v) is 8.89. The normalized spacial score (nSPS) is 26.6. The summed E-state index contributed by atoms with van der Waals surface area (Å²) in [6, 6.07) is 10.4. The molecule has 0 unspecified atom stereocenters. The molecule has 26 heavy (non-hydrogen) atoms. The van der Waals surface area contributed by atoms with E-state index in [1.54, 1.807) is 0 Å². The monoisotopic (exact) mass is 379 g/mol. The Bertz CT molecular complexity index is 822. The van der Waals surface area contributed by atoms with Gasteiger partial charge in [0.1, 0.15) is 11.4 Å². The van der Waals surface area contributed by atoms with E-state index in [1.165, 1.54) is 17.8 Å². The molecule has 3 atom stereocenters. The van der Waals surface area contributed by atoms with Crippen molar-refractivity contribution in [1.29, 1.82) is 0 Å². The lowest BCUT2D eigenvalue weighted by Crippen LogP contribution is -2.37. The van der Waals surface area contributed by atoms with Gasteiger partial charge in [-0.2, -0.15) is 0 Å². The Morgan fingerprint density at radius 2 is 2.04 bits per heavy atom. The summed E-state index contributed by atoms with van der Waals surface area (Å²) in [6.45, 7) is 0.349. The molecule has 9 heteroatoms. The number of alkyl halides is 2. The summed E-state index contributed by atoms with van der Waals surface area (Å²) in [7, 11) is 0. The number of aromatic nitrogens is 2. The number of hydrogen-bond acceptors (Lipinski definition) is 7. The molecule has 6 nitrogen and oxygen atoms in total. The van der Waals surface area contributed by atoms with Crippen LogP contribution in [0.3, 0.4) is 0 Å². The van der Waals surface area contributed by atoms with E-state index in [4.69, 9.17) is 14.7 Å². The van der Waals surface area contributed by atoms with E-state index in [1.807, 2.05) is 30.3 Å². The predicted octanol–water partition coefficient (Wildman–Crippen LogP) is 3.52. The van der Waals surface area contributed by atoms with Gasteiger partial charge in [-0.15, -0.1) is 0 Å².